The Balaban J connectivity index is 1.72. The van der Waals surface area contributed by atoms with Gasteiger partial charge >= 0.3 is 12.1 Å². The van der Waals surface area contributed by atoms with Crippen LogP contribution in [0.3, 0.4) is 0 Å². The minimum absolute atomic E-state index is 0.0105. The van der Waals surface area contributed by atoms with Gasteiger partial charge in [0.1, 0.15) is 0 Å². The number of anilines is 1. The summed E-state index contributed by atoms with van der Waals surface area (Å²) in [6, 6.07) is 6.06. The number of benzene rings is 2. The Hall–Kier alpha value is -3.83. The van der Waals surface area contributed by atoms with Gasteiger partial charge in [-0.1, -0.05) is 0 Å². The van der Waals surface area contributed by atoms with Crippen LogP contribution in [0.25, 0.3) is 0 Å². The monoisotopic (exact) mass is 426 g/mol. The van der Waals surface area contributed by atoms with Crippen molar-refractivity contribution in [1.82, 2.24) is 0 Å². The fourth-order valence-corrected chi connectivity index (χ4v) is 2.53. The number of alkyl halides is 3. The Labute approximate surface area is 166 Å². The van der Waals surface area contributed by atoms with E-state index in [-0.39, 0.29) is 12.4 Å². The van der Waals surface area contributed by atoms with Gasteiger partial charge in [0.15, 0.2) is 17.6 Å². The molecule has 2 aromatic rings. The van der Waals surface area contributed by atoms with E-state index in [4.69, 9.17) is 14.2 Å². The van der Waals surface area contributed by atoms with E-state index < -0.39 is 46.0 Å². The topological polar surface area (TPSA) is 117 Å². The molecule has 1 amide bonds. The van der Waals surface area contributed by atoms with Gasteiger partial charge in [0.05, 0.1) is 21.7 Å². The summed E-state index contributed by atoms with van der Waals surface area (Å²) in [4.78, 5) is 34.2. The lowest BCUT2D eigenvalue weighted by molar-refractivity contribution is -0.385. The molecule has 1 heterocycles. The predicted molar refractivity (Wildman–Crippen MR) is 94.2 cm³/mol. The lowest BCUT2D eigenvalue weighted by Crippen LogP contribution is -2.30. The van der Waals surface area contributed by atoms with Gasteiger partial charge in [0.2, 0.25) is 6.79 Å². The number of nitro groups is 1. The summed E-state index contributed by atoms with van der Waals surface area (Å²) < 4.78 is 54.8. The van der Waals surface area contributed by atoms with Gasteiger partial charge in [-0.3, -0.25) is 14.9 Å². The van der Waals surface area contributed by atoms with Crippen LogP contribution < -0.4 is 14.8 Å². The molecule has 0 unspecified atom stereocenters. The number of amides is 1. The van der Waals surface area contributed by atoms with Crippen molar-refractivity contribution in [3.8, 4) is 11.5 Å². The molecule has 1 aliphatic heterocycles. The average molecular weight is 426 g/mol. The van der Waals surface area contributed by atoms with Crippen LogP contribution in [0.2, 0.25) is 0 Å². The molecule has 1 atom stereocenters. The average Bonchev–Trinajstić information content (AvgIpc) is 3.14. The van der Waals surface area contributed by atoms with E-state index in [1.54, 1.807) is 0 Å². The van der Waals surface area contributed by atoms with Crippen molar-refractivity contribution >= 4 is 23.3 Å². The van der Waals surface area contributed by atoms with Gasteiger partial charge in [-0.2, -0.15) is 13.2 Å². The number of esters is 1. The Morgan fingerprint density at radius 1 is 1.17 bits per heavy atom. The highest BCUT2D eigenvalue weighted by atomic mass is 19.4. The molecule has 9 nitrogen and oxygen atoms in total. The van der Waals surface area contributed by atoms with E-state index in [1.165, 1.54) is 25.1 Å². The summed E-state index contributed by atoms with van der Waals surface area (Å²) in [5.74, 6) is -1.23. The van der Waals surface area contributed by atoms with Crippen molar-refractivity contribution < 1.29 is 41.9 Å². The number of non-ortho nitro benzene ring substituents is 1. The third-order valence-corrected chi connectivity index (χ3v) is 4.04. The molecular formula is C18H13F3N2O7. The van der Waals surface area contributed by atoms with E-state index >= 15 is 0 Å². The number of nitrogens with one attached hydrogen (secondary N) is 1. The zero-order chi connectivity index (χ0) is 22.1. The quantitative estimate of drug-likeness (QED) is 0.442. The molecule has 0 fully saturated rings. The van der Waals surface area contributed by atoms with Crippen LogP contribution in [0.1, 0.15) is 22.8 Å². The van der Waals surface area contributed by atoms with E-state index in [1.807, 2.05) is 5.32 Å². The number of nitro benzene ring substituents is 1. The molecule has 158 valence electrons. The zero-order valence-corrected chi connectivity index (χ0v) is 15.2. The van der Waals surface area contributed by atoms with Crippen LogP contribution in [0.5, 0.6) is 11.5 Å². The largest absolute Gasteiger partial charge is 0.454 e. The Morgan fingerprint density at radius 3 is 2.53 bits per heavy atom. The third-order valence-electron chi connectivity index (χ3n) is 4.04. The molecule has 0 aromatic heterocycles. The van der Waals surface area contributed by atoms with Crippen molar-refractivity contribution in [2.45, 2.75) is 19.2 Å². The lowest BCUT2D eigenvalue weighted by atomic mass is 10.1. The minimum atomic E-state index is -4.96. The molecule has 30 heavy (non-hydrogen) atoms. The van der Waals surface area contributed by atoms with Crippen molar-refractivity contribution in [2.24, 2.45) is 0 Å². The second kappa shape index (κ2) is 7.89. The standard InChI is InChI=1S/C18H13F3N2O7/c1-9(30-17(25)10-2-5-14-15(6-10)29-8-28-14)16(24)22-13-4-3-11(23(26)27)7-12(13)18(19,20)21/h2-7,9H,8H2,1H3,(H,22,24)/t9-/m1/s1. The third kappa shape index (κ3) is 4.42. The van der Waals surface area contributed by atoms with Crippen LogP contribution in [-0.4, -0.2) is 29.7 Å². The predicted octanol–water partition coefficient (Wildman–Crippen LogP) is 3.53. The molecule has 0 aliphatic carbocycles. The summed E-state index contributed by atoms with van der Waals surface area (Å²) in [5, 5.41) is 12.7. The van der Waals surface area contributed by atoms with E-state index in [0.29, 0.717) is 17.6 Å². The Kier molecular flexibility index (Phi) is 5.49. The number of halogens is 3. The molecule has 12 heteroatoms. The van der Waals surface area contributed by atoms with Gasteiger partial charge in [-0.15, -0.1) is 0 Å². The van der Waals surface area contributed by atoms with Crippen LogP contribution in [0, 0.1) is 10.1 Å². The second-order valence-electron chi connectivity index (χ2n) is 6.09. The molecule has 1 aliphatic rings. The Bertz CT molecular complexity index is 1020. The smallest absolute Gasteiger partial charge is 0.418 e. The zero-order valence-electron chi connectivity index (χ0n) is 15.2. The first-order chi connectivity index (χ1) is 14.1. The number of hydrogen-bond acceptors (Lipinski definition) is 7. The molecule has 3 rings (SSSR count). The molecule has 1 N–H and O–H groups in total. The number of hydrogen-bond donors (Lipinski definition) is 1. The van der Waals surface area contributed by atoms with Gasteiger partial charge in [0.25, 0.3) is 11.6 Å². The minimum Gasteiger partial charge on any atom is -0.454 e. The molecular weight excluding hydrogens is 413 g/mol. The van der Waals surface area contributed by atoms with Gasteiger partial charge < -0.3 is 19.5 Å². The maximum atomic E-state index is 13.2. The summed E-state index contributed by atoms with van der Waals surface area (Å²) in [7, 11) is 0. The number of rotatable bonds is 5. The van der Waals surface area contributed by atoms with Gasteiger partial charge in [-0.25, -0.2) is 4.79 Å². The fraction of sp³-hybridized carbons (Fsp3) is 0.222. The number of fused-ring (bicyclic) bond motifs is 1. The van der Waals surface area contributed by atoms with Crippen LogP contribution in [0.15, 0.2) is 36.4 Å². The Morgan fingerprint density at radius 2 is 1.87 bits per heavy atom. The van der Waals surface area contributed by atoms with E-state index in [0.717, 1.165) is 12.1 Å². The first-order valence-electron chi connectivity index (χ1n) is 8.33. The number of carbonyl (C=O) groups is 2. The highest BCUT2D eigenvalue weighted by molar-refractivity contribution is 5.98. The van der Waals surface area contributed by atoms with Crippen LogP contribution in [-0.2, 0) is 15.7 Å². The molecule has 2 aromatic carbocycles. The summed E-state index contributed by atoms with van der Waals surface area (Å²) >= 11 is 0. The van der Waals surface area contributed by atoms with E-state index in [9.17, 15) is 32.9 Å². The summed E-state index contributed by atoms with van der Waals surface area (Å²) in [6.07, 6.45) is -6.42. The maximum Gasteiger partial charge on any atom is 0.418 e. The number of ether oxygens (including phenoxy) is 3. The molecule has 0 radical (unpaired) electrons. The van der Waals surface area contributed by atoms with Crippen LogP contribution >= 0.6 is 0 Å². The van der Waals surface area contributed by atoms with Crippen molar-refractivity contribution in [1.29, 1.82) is 0 Å². The first-order valence-corrected chi connectivity index (χ1v) is 8.33. The van der Waals surface area contributed by atoms with Crippen molar-refractivity contribution in [3.63, 3.8) is 0 Å². The van der Waals surface area contributed by atoms with Gasteiger partial charge in [0, 0.05) is 12.1 Å². The van der Waals surface area contributed by atoms with Crippen molar-refractivity contribution in [2.75, 3.05) is 12.1 Å². The highest BCUT2D eigenvalue weighted by Gasteiger charge is 2.36. The van der Waals surface area contributed by atoms with Crippen molar-refractivity contribution in [3.05, 3.63) is 57.6 Å². The van der Waals surface area contributed by atoms with E-state index in [2.05, 4.69) is 0 Å². The summed E-state index contributed by atoms with van der Waals surface area (Å²) in [5.41, 5.74) is -2.85. The molecule has 0 spiro atoms. The second-order valence-corrected chi connectivity index (χ2v) is 6.09. The fourth-order valence-electron chi connectivity index (χ4n) is 2.53. The maximum absolute atomic E-state index is 13.2. The molecule has 0 saturated carbocycles. The van der Waals surface area contributed by atoms with Gasteiger partial charge in [-0.05, 0) is 31.2 Å². The SMILES string of the molecule is C[C@@H](OC(=O)c1ccc2c(c1)OCO2)C(=O)Nc1ccc([N+](=O)[O-])cc1C(F)(F)F. The number of carbonyl (C=O) groups excluding carboxylic acids is 2. The summed E-state index contributed by atoms with van der Waals surface area (Å²) in [6.45, 7) is 1.16. The lowest BCUT2D eigenvalue weighted by Gasteiger charge is -2.17. The highest BCUT2D eigenvalue weighted by Crippen LogP contribution is 2.37. The molecule has 0 saturated heterocycles. The van der Waals surface area contributed by atoms with Crippen LogP contribution in [0.4, 0.5) is 24.5 Å². The normalized spacial score (nSPS) is 13.5. The molecule has 0 bridgehead atoms. The first kappa shape index (κ1) is 20.9. The number of nitrogens with zero attached hydrogens (tertiary/aromatic N) is 1.